The van der Waals surface area contributed by atoms with Gasteiger partial charge in [-0.25, -0.2) is 0 Å². The first-order valence-corrected chi connectivity index (χ1v) is 9.49. The molecule has 3 heterocycles. The number of amides is 1. The van der Waals surface area contributed by atoms with Crippen molar-refractivity contribution < 1.29 is 9.53 Å². The molecule has 3 saturated heterocycles. The van der Waals surface area contributed by atoms with Gasteiger partial charge in [-0.3, -0.25) is 9.69 Å². The minimum Gasteiger partial charge on any atom is -0.381 e. The van der Waals surface area contributed by atoms with Gasteiger partial charge in [-0.2, -0.15) is 0 Å². The molecule has 0 aromatic heterocycles. The highest BCUT2D eigenvalue weighted by Crippen LogP contribution is 2.32. The molecule has 0 saturated carbocycles. The van der Waals surface area contributed by atoms with Gasteiger partial charge in [-0.05, 0) is 44.2 Å². The lowest BCUT2D eigenvalue weighted by Crippen LogP contribution is -2.49. The number of ether oxygens (including phenoxy) is 1. The van der Waals surface area contributed by atoms with Gasteiger partial charge in [-0.1, -0.05) is 30.3 Å². The summed E-state index contributed by atoms with van der Waals surface area (Å²) >= 11 is 0. The van der Waals surface area contributed by atoms with Crippen molar-refractivity contribution in [2.24, 2.45) is 5.92 Å². The number of rotatable bonds is 4. The van der Waals surface area contributed by atoms with Gasteiger partial charge in [-0.15, -0.1) is 0 Å². The number of hydrogen-bond acceptors (Lipinski definition) is 3. The predicted octanol–water partition coefficient (Wildman–Crippen LogP) is 2.68. The zero-order chi connectivity index (χ0) is 16.4. The summed E-state index contributed by atoms with van der Waals surface area (Å²) in [7, 11) is 0. The van der Waals surface area contributed by atoms with E-state index in [9.17, 15) is 4.79 Å². The first-order chi connectivity index (χ1) is 11.8. The minimum atomic E-state index is 0.106. The lowest BCUT2D eigenvalue weighted by atomic mass is 10.0. The zero-order valence-electron chi connectivity index (χ0n) is 14.4. The van der Waals surface area contributed by atoms with Crippen molar-refractivity contribution in [2.75, 3.05) is 26.3 Å². The third kappa shape index (κ3) is 3.22. The van der Waals surface area contributed by atoms with Crippen molar-refractivity contribution in [1.29, 1.82) is 0 Å². The zero-order valence-corrected chi connectivity index (χ0v) is 14.4. The van der Waals surface area contributed by atoms with Crippen LogP contribution in [0, 0.1) is 5.92 Å². The molecule has 0 N–H and O–H groups in total. The Morgan fingerprint density at radius 1 is 1.04 bits per heavy atom. The van der Waals surface area contributed by atoms with E-state index in [1.54, 1.807) is 0 Å². The fourth-order valence-electron chi connectivity index (χ4n) is 4.73. The van der Waals surface area contributed by atoms with Crippen LogP contribution in [0.1, 0.15) is 37.7 Å². The molecule has 1 aromatic carbocycles. The summed E-state index contributed by atoms with van der Waals surface area (Å²) in [4.78, 5) is 17.7. The van der Waals surface area contributed by atoms with Crippen molar-refractivity contribution >= 4 is 5.91 Å². The Kier molecular flexibility index (Phi) is 4.86. The molecule has 24 heavy (non-hydrogen) atoms. The van der Waals surface area contributed by atoms with E-state index in [0.717, 1.165) is 45.5 Å². The maximum atomic E-state index is 12.9. The Balaban J connectivity index is 1.45. The first-order valence-electron chi connectivity index (χ1n) is 9.49. The summed E-state index contributed by atoms with van der Waals surface area (Å²) in [5, 5.41) is 0. The third-order valence-corrected chi connectivity index (χ3v) is 5.95. The number of likely N-dealkylation sites (tertiary alicyclic amines) is 2. The van der Waals surface area contributed by atoms with Gasteiger partial charge < -0.3 is 9.64 Å². The lowest BCUT2D eigenvalue weighted by Gasteiger charge is -2.36. The maximum Gasteiger partial charge on any atom is 0.228 e. The van der Waals surface area contributed by atoms with Crippen molar-refractivity contribution in [1.82, 2.24) is 9.80 Å². The van der Waals surface area contributed by atoms with Crippen molar-refractivity contribution in [3.8, 4) is 0 Å². The molecule has 3 atom stereocenters. The quantitative estimate of drug-likeness (QED) is 0.852. The Morgan fingerprint density at radius 2 is 1.83 bits per heavy atom. The molecule has 3 fully saturated rings. The molecule has 0 spiro atoms. The average Bonchev–Trinajstić information content (AvgIpc) is 3.36. The summed E-state index contributed by atoms with van der Waals surface area (Å²) in [6, 6.07) is 11.7. The second-order valence-corrected chi connectivity index (χ2v) is 7.47. The number of nitrogens with zero attached hydrogens (tertiary/aromatic N) is 2. The number of carbonyl (C=O) groups excluding carboxylic acids is 1. The van der Waals surface area contributed by atoms with E-state index in [-0.39, 0.29) is 5.92 Å². The topological polar surface area (TPSA) is 32.8 Å². The second-order valence-electron chi connectivity index (χ2n) is 7.47. The molecule has 0 unspecified atom stereocenters. The summed E-state index contributed by atoms with van der Waals surface area (Å²) < 4.78 is 5.44. The van der Waals surface area contributed by atoms with Crippen LogP contribution in [-0.4, -0.2) is 54.1 Å². The number of hydrogen-bond donors (Lipinski definition) is 0. The predicted molar refractivity (Wildman–Crippen MR) is 93.5 cm³/mol. The van der Waals surface area contributed by atoms with Gasteiger partial charge in [0.1, 0.15) is 0 Å². The Labute approximate surface area is 144 Å². The molecular formula is C20H28N2O2. The van der Waals surface area contributed by atoms with Crippen molar-refractivity contribution in [2.45, 2.75) is 50.7 Å². The standard InChI is InChI=1S/C20H28N2O2/c23-20(17-10-13-24-15-17)22-12-5-9-19(22)18-8-4-11-21(18)14-16-6-2-1-3-7-16/h1-3,6-7,17-19H,4-5,8-15H2/t17-,18+,19+/m1/s1. The largest absolute Gasteiger partial charge is 0.381 e. The number of benzene rings is 1. The van der Waals surface area contributed by atoms with Gasteiger partial charge in [0.05, 0.1) is 12.5 Å². The minimum absolute atomic E-state index is 0.106. The summed E-state index contributed by atoms with van der Waals surface area (Å²) in [5.41, 5.74) is 1.38. The van der Waals surface area contributed by atoms with E-state index in [1.807, 2.05) is 0 Å². The Bertz CT molecular complexity index is 556. The van der Waals surface area contributed by atoms with Crippen LogP contribution in [0.2, 0.25) is 0 Å². The first kappa shape index (κ1) is 16.1. The summed E-state index contributed by atoms with van der Waals surface area (Å²) in [6.45, 7) is 4.48. The summed E-state index contributed by atoms with van der Waals surface area (Å²) in [6.07, 6.45) is 5.69. The van der Waals surface area contributed by atoms with E-state index < -0.39 is 0 Å². The van der Waals surface area contributed by atoms with Gasteiger partial charge in [0.15, 0.2) is 0 Å². The van der Waals surface area contributed by atoms with Crippen molar-refractivity contribution in [3.63, 3.8) is 0 Å². The van der Waals surface area contributed by atoms with E-state index in [0.29, 0.717) is 24.6 Å². The maximum absolute atomic E-state index is 12.9. The van der Waals surface area contributed by atoms with Gasteiger partial charge in [0.25, 0.3) is 0 Å². The van der Waals surface area contributed by atoms with E-state index in [1.165, 1.54) is 18.4 Å². The fourth-order valence-corrected chi connectivity index (χ4v) is 4.73. The molecule has 4 nitrogen and oxygen atoms in total. The summed E-state index contributed by atoms with van der Waals surface area (Å²) in [5.74, 6) is 0.455. The smallest absolute Gasteiger partial charge is 0.228 e. The molecule has 4 rings (SSSR count). The molecule has 0 radical (unpaired) electrons. The van der Waals surface area contributed by atoms with Gasteiger partial charge in [0, 0.05) is 31.8 Å². The molecule has 3 aliphatic heterocycles. The molecule has 4 heteroatoms. The fraction of sp³-hybridized carbons (Fsp3) is 0.650. The Morgan fingerprint density at radius 3 is 2.62 bits per heavy atom. The molecule has 0 bridgehead atoms. The van der Waals surface area contributed by atoms with Crippen LogP contribution in [0.3, 0.4) is 0 Å². The molecule has 1 amide bonds. The highest BCUT2D eigenvalue weighted by Gasteiger charge is 2.41. The highest BCUT2D eigenvalue weighted by molar-refractivity contribution is 5.80. The Hall–Kier alpha value is -1.39. The van der Waals surface area contributed by atoms with E-state index in [2.05, 4.69) is 40.1 Å². The third-order valence-electron chi connectivity index (χ3n) is 5.95. The molecule has 1 aromatic rings. The average molecular weight is 328 g/mol. The van der Waals surface area contributed by atoms with Crippen molar-refractivity contribution in [3.05, 3.63) is 35.9 Å². The normalized spacial score (nSPS) is 31.0. The molecule has 0 aliphatic carbocycles. The van der Waals surface area contributed by atoms with Crippen LogP contribution >= 0.6 is 0 Å². The lowest BCUT2D eigenvalue weighted by molar-refractivity contribution is -0.137. The SMILES string of the molecule is O=C([C@@H]1CCOC1)N1CCC[C@H]1[C@@H]1CCCN1Cc1ccccc1. The van der Waals surface area contributed by atoms with Gasteiger partial charge >= 0.3 is 0 Å². The van der Waals surface area contributed by atoms with Gasteiger partial charge in [0.2, 0.25) is 5.91 Å². The van der Waals surface area contributed by atoms with Crippen LogP contribution in [0.4, 0.5) is 0 Å². The van der Waals surface area contributed by atoms with Crippen LogP contribution in [0.5, 0.6) is 0 Å². The monoisotopic (exact) mass is 328 g/mol. The van der Waals surface area contributed by atoms with E-state index >= 15 is 0 Å². The highest BCUT2D eigenvalue weighted by atomic mass is 16.5. The second kappa shape index (κ2) is 7.24. The van der Waals surface area contributed by atoms with Crippen LogP contribution in [-0.2, 0) is 16.1 Å². The van der Waals surface area contributed by atoms with E-state index in [4.69, 9.17) is 4.74 Å². The van der Waals surface area contributed by atoms with Crippen LogP contribution in [0.25, 0.3) is 0 Å². The molecular weight excluding hydrogens is 300 g/mol. The van der Waals surface area contributed by atoms with Crippen LogP contribution in [0.15, 0.2) is 30.3 Å². The number of carbonyl (C=O) groups is 1. The molecule has 3 aliphatic rings. The van der Waals surface area contributed by atoms with Crippen LogP contribution < -0.4 is 0 Å². The molecule has 130 valence electrons.